The Morgan fingerprint density at radius 3 is 2.54 bits per heavy atom. The second-order valence-electron chi connectivity index (χ2n) is 6.88. The van der Waals surface area contributed by atoms with E-state index in [4.69, 9.17) is 4.74 Å². The number of hydrogen-bond acceptors (Lipinski definition) is 6. The molecular formula is C21H29N5O2. The molecule has 28 heavy (non-hydrogen) atoms. The summed E-state index contributed by atoms with van der Waals surface area (Å²) in [5.74, 6) is 1.34. The largest absolute Gasteiger partial charge is 0.497 e. The Hall–Kier alpha value is -2.83. The highest BCUT2D eigenvalue weighted by atomic mass is 16.5. The number of rotatable bonds is 8. The predicted molar refractivity (Wildman–Crippen MR) is 111 cm³/mol. The molecule has 7 nitrogen and oxygen atoms in total. The van der Waals surface area contributed by atoms with Crippen LogP contribution >= 0.6 is 0 Å². The lowest BCUT2D eigenvalue weighted by molar-refractivity contribution is 0.0741. The Bertz CT molecular complexity index is 758. The van der Waals surface area contributed by atoms with Gasteiger partial charge in [-0.05, 0) is 36.8 Å². The molecule has 0 aliphatic carbocycles. The third-order valence-electron chi connectivity index (χ3n) is 4.94. The molecule has 2 aromatic rings. The highest BCUT2D eigenvalue weighted by Crippen LogP contribution is 2.21. The van der Waals surface area contributed by atoms with Gasteiger partial charge in [0.05, 0.1) is 7.11 Å². The molecule has 0 spiro atoms. The highest BCUT2D eigenvalue weighted by molar-refractivity contribution is 5.92. The van der Waals surface area contributed by atoms with Gasteiger partial charge in [0.2, 0.25) is 5.95 Å². The van der Waals surface area contributed by atoms with Crippen molar-refractivity contribution in [1.29, 1.82) is 0 Å². The van der Waals surface area contributed by atoms with Crippen LogP contribution in [0.4, 0.5) is 11.6 Å². The summed E-state index contributed by atoms with van der Waals surface area (Å²) >= 11 is 0. The van der Waals surface area contributed by atoms with E-state index < -0.39 is 0 Å². The number of unbranched alkanes of at least 4 members (excludes halogenated alkanes) is 2. The van der Waals surface area contributed by atoms with E-state index in [0.29, 0.717) is 24.7 Å². The van der Waals surface area contributed by atoms with E-state index in [1.54, 1.807) is 19.4 Å². The Kier molecular flexibility index (Phi) is 7.06. The minimum Gasteiger partial charge on any atom is -0.497 e. The first-order valence-electron chi connectivity index (χ1n) is 9.96. The fourth-order valence-electron chi connectivity index (χ4n) is 3.26. The lowest BCUT2D eigenvalue weighted by atomic mass is 10.2. The second kappa shape index (κ2) is 9.92. The summed E-state index contributed by atoms with van der Waals surface area (Å²) in [6.07, 6.45) is 5.06. The van der Waals surface area contributed by atoms with E-state index in [2.05, 4.69) is 39.2 Å². The molecule has 1 aromatic carbocycles. The molecule has 0 radical (unpaired) electrons. The SMILES string of the molecule is CCCCCNc1nccc(C(=O)N2CCN(c3ccc(OC)cc3)CC2)n1. The molecule has 3 rings (SSSR count). The lowest BCUT2D eigenvalue weighted by Crippen LogP contribution is -2.49. The van der Waals surface area contributed by atoms with Crippen molar-refractivity contribution in [3.8, 4) is 5.75 Å². The average molecular weight is 383 g/mol. The van der Waals surface area contributed by atoms with Crippen molar-refractivity contribution >= 4 is 17.5 Å². The first-order chi connectivity index (χ1) is 13.7. The minimum absolute atomic E-state index is 0.0339. The summed E-state index contributed by atoms with van der Waals surface area (Å²) in [7, 11) is 1.67. The summed E-state index contributed by atoms with van der Waals surface area (Å²) in [5, 5.41) is 3.20. The number of carbonyl (C=O) groups excluding carboxylic acids is 1. The number of nitrogens with zero attached hydrogens (tertiary/aromatic N) is 4. The first kappa shape index (κ1) is 19.9. The summed E-state index contributed by atoms with van der Waals surface area (Å²) in [6, 6.07) is 9.72. The minimum atomic E-state index is -0.0339. The monoisotopic (exact) mass is 383 g/mol. The summed E-state index contributed by atoms with van der Waals surface area (Å²) in [6.45, 7) is 5.94. The van der Waals surface area contributed by atoms with Gasteiger partial charge in [0.1, 0.15) is 11.4 Å². The van der Waals surface area contributed by atoms with Crippen LogP contribution in [0.15, 0.2) is 36.5 Å². The molecule has 1 aliphatic rings. The number of piperazine rings is 1. The summed E-state index contributed by atoms with van der Waals surface area (Å²) < 4.78 is 5.21. The van der Waals surface area contributed by atoms with Crippen molar-refractivity contribution in [3.63, 3.8) is 0 Å². The van der Waals surface area contributed by atoms with Gasteiger partial charge in [-0.2, -0.15) is 0 Å². The topological polar surface area (TPSA) is 70.6 Å². The molecule has 0 atom stereocenters. The molecule has 1 fully saturated rings. The van der Waals surface area contributed by atoms with Crippen LogP contribution in [0, 0.1) is 0 Å². The van der Waals surface area contributed by atoms with Gasteiger partial charge >= 0.3 is 0 Å². The van der Waals surface area contributed by atoms with E-state index in [-0.39, 0.29) is 5.91 Å². The highest BCUT2D eigenvalue weighted by Gasteiger charge is 2.23. The van der Waals surface area contributed by atoms with Gasteiger partial charge in [-0.3, -0.25) is 4.79 Å². The lowest BCUT2D eigenvalue weighted by Gasteiger charge is -2.36. The maximum Gasteiger partial charge on any atom is 0.272 e. The maximum atomic E-state index is 12.8. The van der Waals surface area contributed by atoms with Gasteiger partial charge in [-0.25, -0.2) is 9.97 Å². The Balaban J connectivity index is 1.54. The number of carbonyl (C=O) groups is 1. The number of anilines is 2. The van der Waals surface area contributed by atoms with Gasteiger partial charge in [0.25, 0.3) is 5.91 Å². The number of ether oxygens (including phenoxy) is 1. The van der Waals surface area contributed by atoms with Crippen LogP contribution in [-0.2, 0) is 0 Å². The maximum absolute atomic E-state index is 12.8. The quantitative estimate of drug-likeness (QED) is 0.707. The molecule has 1 N–H and O–H groups in total. The molecular weight excluding hydrogens is 354 g/mol. The molecule has 2 heterocycles. The fraction of sp³-hybridized carbons (Fsp3) is 0.476. The van der Waals surface area contributed by atoms with Gasteiger partial charge in [-0.1, -0.05) is 19.8 Å². The Morgan fingerprint density at radius 2 is 1.86 bits per heavy atom. The van der Waals surface area contributed by atoms with Crippen molar-refractivity contribution in [2.45, 2.75) is 26.2 Å². The molecule has 1 saturated heterocycles. The van der Waals surface area contributed by atoms with Crippen molar-refractivity contribution < 1.29 is 9.53 Å². The van der Waals surface area contributed by atoms with E-state index >= 15 is 0 Å². The number of benzene rings is 1. The normalized spacial score (nSPS) is 14.1. The number of amides is 1. The van der Waals surface area contributed by atoms with Gasteiger partial charge in [0.15, 0.2) is 0 Å². The molecule has 0 bridgehead atoms. The van der Waals surface area contributed by atoms with Crippen LogP contribution in [-0.4, -0.2) is 60.6 Å². The number of hydrogen-bond donors (Lipinski definition) is 1. The van der Waals surface area contributed by atoms with E-state index in [9.17, 15) is 4.79 Å². The van der Waals surface area contributed by atoms with Crippen molar-refractivity contribution in [1.82, 2.24) is 14.9 Å². The third kappa shape index (κ3) is 5.12. The third-order valence-corrected chi connectivity index (χ3v) is 4.94. The fourth-order valence-corrected chi connectivity index (χ4v) is 3.26. The molecule has 7 heteroatoms. The van der Waals surface area contributed by atoms with Crippen LogP contribution in [0.25, 0.3) is 0 Å². The van der Waals surface area contributed by atoms with Crippen LogP contribution in [0.2, 0.25) is 0 Å². The summed E-state index contributed by atoms with van der Waals surface area (Å²) in [5.41, 5.74) is 1.60. The van der Waals surface area contributed by atoms with E-state index in [1.165, 1.54) is 12.8 Å². The van der Waals surface area contributed by atoms with Crippen molar-refractivity contribution in [2.75, 3.05) is 50.1 Å². The molecule has 0 unspecified atom stereocenters. The molecule has 0 saturated carbocycles. The number of methoxy groups -OCH3 is 1. The van der Waals surface area contributed by atoms with E-state index in [1.807, 2.05) is 17.0 Å². The van der Waals surface area contributed by atoms with Crippen LogP contribution < -0.4 is 15.0 Å². The predicted octanol–water partition coefficient (Wildman–Crippen LogP) is 3.05. The zero-order valence-electron chi connectivity index (χ0n) is 16.7. The smallest absolute Gasteiger partial charge is 0.272 e. The number of nitrogens with one attached hydrogen (secondary N) is 1. The Labute approximate surface area is 166 Å². The van der Waals surface area contributed by atoms with Crippen molar-refractivity contribution in [2.24, 2.45) is 0 Å². The molecule has 1 amide bonds. The van der Waals surface area contributed by atoms with Gasteiger partial charge < -0.3 is 19.9 Å². The number of aromatic nitrogens is 2. The molecule has 1 aliphatic heterocycles. The van der Waals surface area contributed by atoms with Crippen LogP contribution in [0.5, 0.6) is 5.75 Å². The summed E-state index contributed by atoms with van der Waals surface area (Å²) in [4.78, 5) is 25.6. The standard InChI is InChI=1S/C21H29N5O2/c1-3-4-5-11-22-21-23-12-10-19(24-21)20(27)26-15-13-25(14-16-26)17-6-8-18(28-2)9-7-17/h6-10,12H,3-5,11,13-16H2,1-2H3,(H,22,23,24). The zero-order valence-corrected chi connectivity index (χ0v) is 16.7. The van der Waals surface area contributed by atoms with Crippen LogP contribution in [0.1, 0.15) is 36.7 Å². The van der Waals surface area contributed by atoms with Gasteiger partial charge in [-0.15, -0.1) is 0 Å². The van der Waals surface area contributed by atoms with Gasteiger partial charge in [0, 0.05) is 44.6 Å². The van der Waals surface area contributed by atoms with Crippen LogP contribution in [0.3, 0.4) is 0 Å². The molecule has 1 aromatic heterocycles. The van der Waals surface area contributed by atoms with E-state index in [0.717, 1.165) is 37.5 Å². The second-order valence-corrected chi connectivity index (χ2v) is 6.88. The zero-order chi connectivity index (χ0) is 19.8. The molecule has 150 valence electrons. The van der Waals surface area contributed by atoms with Crippen molar-refractivity contribution in [3.05, 3.63) is 42.2 Å². The first-order valence-corrected chi connectivity index (χ1v) is 9.96. The Morgan fingerprint density at radius 1 is 1.11 bits per heavy atom. The average Bonchev–Trinajstić information content (AvgIpc) is 2.77.